The second-order valence-corrected chi connectivity index (χ2v) is 11.4. The van der Waals surface area contributed by atoms with Crippen LogP contribution in [0, 0.1) is 24.7 Å². The maximum absolute atomic E-state index is 4.93. The van der Waals surface area contributed by atoms with Crippen molar-refractivity contribution in [2.75, 3.05) is 0 Å². The van der Waals surface area contributed by atoms with Crippen LogP contribution in [0.25, 0.3) is 0 Å². The Morgan fingerprint density at radius 2 is 1.12 bits per heavy atom. The Hall–Kier alpha value is -0.140. The van der Waals surface area contributed by atoms with E-state index in [4.69, 9.17) is 17.0 Å². The summed E-state index contributed by atoms with van der Waals surface area (Å²) in [6.45, 7) is 8.83. The van der Waals surface area contributed by atoms with E-state index in [1.165, 1.54) is 35.1 Å². The van der Waals surface area contributed by atoms with Gasteiger partial charge in [-0.2, -0.15) is 36.1 Å². The van der Waals surface area contributed by atoms with Gasteiger partial charge in [0.2, 0.25) is 0 Å². The van der Waals surface area contributed by atoms with Gasteiger partial charge in [-0.05, 0) is 0 Å². The van der Waals surface area contributed by atoms with Crippen molar-refractivity contribution in [3.8, 4) is 0 Å². The second-order valence-electron chi connectivity index (χ2n) is 6.67. The van der Waals surface area contributed by atoms with Crippen molar-refractivity contribution < 1.29 is 20.8 Å². The van der Waals surface area contributed by atoms with E-state index in [2.05, 4.69) is 88.3 Å². The summed E-state index contributed by atoms with van der Waals surface area (Å²) in [4.78, 5) is 0. The molecule has 0 amide bonds. The van der Waals surface area contributed by atoms with E-state index in [0.29, 0.717) is 0 Å². The Bertz CT molecular complexity index is 528. The van der Waals surface area contributed by atoms with Gasteiger partial charge in [-0.25, -0.2) is 0 Å². The molecule has 0 fully saturated rings. The molecule has 2 aliphatic rings. The van der Waals surface area contributed by atoms with Crippen molar-refractivity contribution >= 4 is 26.5 Å². The summed E-state index contributed by atoms with van der Waals surface area (Å²) in [5, 5.41) is 0. The van der Waals surface area contributed by atoms with Crippen molar-refractivity contribution in [2.45, 2.75) is 39.8 Å². The van der Waals surface area contributed by atoms with E-state index >= 15 is 0 Å². The summed E-state index contributed by atoms with van der Waals surface area (Å²) in [5.41, 5.74) is 5.90. The summed E-state index contributed by atoms with van der Waals surface area (Å²) in [5.74, 6) is 1.50. The quantitative estimate of drug-likeness (QED) is 0.279. The van der Waals surface area contributed by atoms with Crippen LogP contribution in [0.2, 0.25) is 13.1 Å². The molecule has 26 heavy (non-hydrogen) atoms. The minimum absolute atomic E-state index is 0.748. The normalized spacial score (nSPS) is 17.9. The Kier molecular flexibility index (Phi) is 12.8. The maximum atomic E-state index is 4.93. The Morgan fingerprint density at radius 3 is 1.42 bits per heavy atom. The van der Waals surface area contributed by atoms with Crippen molar-refractivity contribution in [1.29, 1.82) is 0 Å². The monoisotopic (exact) mass is 480 g/mol. The third-order valence-electron chi connectivity index (χ3n) is 4.12. The molecular weight excluding hydrogens is 454 g/mol. The van der Waals surface area contributed by atoms with Crippen LogP contribution in [0.1, 0.15) is 36.1 Å². The molecule has 2 radical (unpaired) electrons. The minimum atomic E-state index is -0.826. The van der Waals surface area contributed by atoms with Crippen LogP contribution >= 0.6 is 17.0 Å². The third-order valence-corrected chi connectivity index (χ3v) is 4.12. The first-order valence-electron chi connectivity index (χ1n) is 8.95. The summed E-state index contributed by atoms with van der Waals surface area (Å²) in [6.07, 6.45) is 7.15. The van der Waals surface area contributed by atoms with Gasteiger partial charge in [-0.15, -0.1) is 35.4 Å². The van der Waals surface area contributed by atoms with Gasteiger partial charge in [0.15, 0.2) is 0 Å². The van der Waals surface area contributed by atoms with E-state index in [0.717, 1.165) is 21.4 Å². The molecule has 0 nitrogen and oxygen atoms in total. The molecule has 0 heterocycles. The number of hydrogen-bond donors (Lipinski definition) is 0. The average Bonchev–Trinajstić information content (AvgIpc) is 3.17. The zero-order valence-corrected chi connectivity index (χ0v) is 21.1. The Morgan fingerprint density at radius 1 is 0.808 bits per heavy atom. The SMILES string of the molecule is CC1[CH-]c2ccccc2C1.CC1[CH-]c2ccccc2C1.C[Si]C.[Cl][Zr+2][Cl]. The molecular formula is C22H28Cl2SiZr. The van der Waals surface area contributed by atoms with Gasteiger partial charge < -0.3 is 0 Å². The predicted molar refractivity (Wildman–Crippen MR) is 115 cm³/mol. The van der Waals surface area contributed by atoms with Gasteiger partial charge in [-0.3, -0.25) is 0 Å². The van der Waals surface area contributed by atoms with Gasteiger partial charge >= 0.3 is 37.9 Å². The van der Waals surface area contributed by atoms with Gasteiger partial charge in [0.1, 0.15) is 0 Å². The first kappa shape index (κ1) is 23.9. The van der Waals surface area contributed by atoms with E-state index < -0.39 is 20.8 Å². The topological polar surface area (TPSA) is 0 Å². The molecule has 0 saturated heterocycles. The molecule has 138 valence electrons. The van der Waals surface area contributed by atoms with E-state index in [1.807, 2.05) is 0 Å². The van der Waals surface area contributed by atoms with E-state index in [1.54, 1.807) is 0 Å². The van der Waals surface area contributed by atoms with Crippen LogP contribution < -0.4 is 0 Å². The number of halogens is 2. The number of fused-ring (bicyclic) bond motifs is 2. The van der Waals surface area contributed by atoms with Crippen LogP contribution in [0.3, 0.4) is 0 Å². The second kappa shape index (κ2) is 13.9. The van der Waals surface area contributed by atoms with Gasteiger partial charge in [0.25, 0.3) is 0 Å². The summed E-state index contributed by atoms with van der Waals surface area (Å²) in [7, 11) is 11.0. The van der Waals surface area contributed by atoms with Gasteiger partial charge in [0, 0.05) is 9.52 Å². The molecule has 0 N–H and O–H groups in total. The zero-order chi connectivity index (χ0) is 19.4. The number of rotatable bonds is 0. The molecule has 0 bridgehead atoms. The zero-order valence-electron chi connectivity index (χ0n) is 16.1. The Balaban J connectivity index is 0.000000201. The molecule has 0 spiro atoms. The van der Waals surface area contributed by atoms with Gasteiger partial charge in [0.05, 0.1) is 0 Å². The van der Waals surface area contributed by atoms with Gasteiger partial charge in [-0.1, -0.05) is 63.8 Å². The number of hydrogen-bond acceptors (Lipinski definition) is 0. The molecule has 2 unspecified atom stereocenters. The van der Waals surface area contributed by atoms with Crippen molar-refractivity contribution in [1.82, 2.24) is 0 Å². The average molecular weight is 483 g/mol. The van der Waals surface area contributed by atoms with Crippen molar-refractivity contribution in [3.63, 3.8) is 0 Å². The van der Waals surface area contributed by atoms with E-state index in [-0.39, 0.29) is 0 Å². The Labute approximate surface area is 181 Å². The molecule has 0 aromatic heterocycles. The van der Waals surface area contributed by atoms with E-state index in [9.17, 15) is 0 Å². The molecule has 2 aromatic carbocycles. The van der Waals surface area contributed by atoms with Crippen LogP contribution in [0.4, 0.5) is 0 Å². The molecule has 0 saturated carbocycles. The summed E-state index contributed by atoms with van der Waals surface area (Å²) >= 11 is -0.826. The predicted octanol–water partition coefficient (Wildman–Crippen LogP) is 7.03. The fourth-order valence-electron chi connectivity index (χ4n) is 3.19. The molecule has 4 rings (SSSR count). The molecule has 2 aliphatic carbocycles. The molecule has 0 aliphatic heterocycles. The third kappa shape index (κ3) is 8.70. The fourth-order valence-corrected chi connectivity index (χ4v) is 3.19. The standard InChI is InChI=1S/2C10H11.C2H6Si.2ClH.Zr/c2*1-8-6-9-4-2-3-5-10(9)7-8;1-3-2;;;/h2*2-6,8H,7H2,1H3;1-2H3;2*1H;/q2*-1;;;;+4/p-2. The molecule has 4 heteroatoms. The first-order chi connectivity index (χ1) is 12.5. The van der Waals surface area contributed by atoms with Crippen LogP contribution in [-0.2, 0) is 33.7 Å². The number of benzene rings is 2. The van der Waals surface area contributed by atoms with Crippen molar-refractivity contribution in [2.24, 2.45) is 11.8 Å². The summed E-state index contributed by atoms with van der Waals surface area (Å²) < 4.78 is 0. The van der Waals surface area contributed by atoms with Crippen LogP contribution in [0.15, 0.2) is 48.5 Å². The van der Waals surface area contributed by atoms with Crippen LogP contribution in [0.5, 0.6) is 0 Å². The molecule has 2 aromatic rings. The fraction of sp³-hybridized carbons (Fsp3) is 0.364. The molecule has 2 atom stereocenters. The van der Waals surface area contributed by atoms with Crippen molar-refractivity contribution in [3.05, 3.63) is 83.6 Å². The summed E-state index contributed by atoms with van der Waals surface area (Å²) in [6, 6.07) is 17.3. The van der Waals surface area contributed by atoms with Crippen LogP contribution in [-0.4, -0.2) is 9.52 Å². The first-order valence-corrected chi connectivity index (χ1v) is 17.3.